The average Bonchev–Trinajstić information content (AvgIpc) is 2.92. The number of sulfonamides is 1. The fourth-order valence-electron chi connectivity index (χ4n) is 4.37. The fraction of sp³-hybridized carbons (Fsp3) is 0.417. The summed E-state index contributed by atoms with van der Waals surface area (Å²) in [6, 6.07) is 12.2. The van der Waals surface area contributed by atoms with Crippen molar-refractivity contribution in [3.63, 3.8) is 0 Å². The van der Waals surface area contributed by atoms with E-state index in [-0.39, 0.29) is 16.6 Å². The van der Waals surface area contributed by atoms with E-state index in [0.29, 0.717) is 30.8 Å². The first-order valence-corrected chi connectivity index (χ1v) is 12.5. The van der Waals surface area contributed by atoms with Crippen LogP contribution in [0, 0.1) is 5.82 Å². The lowest BCUT2D eigenvalue weighted by atomic mass is 9.64. The van der Waals surface area contributed by atoms with Crippen molar-refractivity contribution in [2.75, 3.05) is 18.9 Å². The molecule has 32 heavy (non-hydrogen) atoms. The number of benzene rings is 2. The Morgan fingerprint density at radius 2 is 1.81 bits per heavy atom. The molecule has 1 aliphatic heterocycles. The zero-order chi connectivity index (χ0) is 22.8. The van der Waals surface area contributed by atoms with E-state index in [0.717, 1.165) is 37.8 Å². The maximum atomic E-state index is 13.3. The van der Waals surface area contributed by atoms with E-state index >= 15 is 0 Å². The number of likely N-dealkylation sites (tertiary alicyclic amines) is 1. The molecule has 0 bridgehead atoms. The highest BCUT2D eigenvalue weighted by molar-refractivity contribution is 7.90. The molecule has 170 valence electrons. The van der Waals surface area contributed by atoms with Gasteiger partial charge in [0.2, 0.25) is 5.91 Å². The quantitative estimate of drug-likeness (QED) is 0.718. The summed E-state index contributed by atoms with van der Waals surface area (Å²) in [7, 11) is -2.03. The van der Waals surface area contributed by atoms with Crippen LogP contribution in [0.25, 0.3) is 0 Å². The van der Waals surface area contributed by atoms with Crippen LogP contribution < -0.4 is 5.32 Å². The van der Waals surface area contributed by atoms with Crippen molar-refractivity contribution in [2.45, 2.75) is 55.3 Å². The molecule has 1 saturated heterocycles. The standard InChI is InChI=1S/C24H28FN3O3S/c1-28-16-4-2-3-9-22(28)27-32(30,31)21-8-5-7-20(17-21)26-23(29)24(14-6-15-24)18-10-12-19(25)13-11-18/h5,7-8,10-13,17H,2-4,6,9,14-16H2,1H3,(H,26,29)/b27-22+. The fourth-order valence-corrected chi connectivity index (χ4v) is 5.51. The summed E-state index contributed by atoms with van der Waals surface area (Å²) >= 11 is 0. The van der Waals surface area contributed by atoms with Crippen LogP contribution in [-0.4, -0.2) is 38.7 Å². The largest absolute Gasteiger partial charge is 0.362 e. The lowest BCUT2D eigenvalue weighted by Crippen LogP contribution is -2.46. The van der Waals surface area contributed by atoms with E-state index in [9.17, 15) is 17.6 Å². The number of halogens is 1. The summed E-state index contributed by atoms with van der Waals surface area (Å²) in [5.41, 5.74) is 0.458. The highest BCUT2D eigenvalue weighted by atomic mass is 32.2. The molecule has 4 rings (SSSR count). The molecule has 2 aliphatic rings. The Morgan fingerprint density at radius 1 is 1.06 bits per heavy atom. The number of hydrogen-bond donors (Lipinski definition) is 1. The molecule has 1 saturated carbocycles. The van der Waals surface area contributed by atoms with Gasteiger partial charge in [-0.1, -0.05) is 31.0 Å². The van der Waals surface area contributed by atoms with Crippen molar-refractivity contribution in [1.82, 2.24) is 4.90 Å². The lowest BCUT2D eigenvalue weighted by molar-refractivity contribution is -0.124. The van der Waals surface area contributed by atoms with Crippen molar-refractivity contribution in [3.8, 4) is 0 Å². The topological polar surface area (TPSA) is 78.8 Å². The first kappa shape index (κ1) is 22.5. The Labute approximate surface area is 188 Å². The number of carbonyl (C=O) groups excluding carboxylic acids is 1. The Morgan fingerprint density at radius 3 is 2.50 bits per heavy atom. The zero-order valence-electron chi connectivity index (χ0n) is 18.2. The number of rotatable bonds is 5. The van der Waals surface area contributed by atoms with Gasteiger partial charge in [-0.2, -0.15) is 8.42 Å². The Bertz CT molecular complexity index is 1130. The van der Waals surface area contributed by atoms with Gasteiger partial charge in [0.05, 0.1) is 10.3 Å². The third-order valence-electron chi connectivity index (χ3n) is 6.49. The maximum Gasteiger partial charge on any atom is 0.284 e. The van der Waals surface area contributed by atoms with Crippen LogP contribution in [0.1, 0.15) is 50.5 Å². The summed E-state index contributed by atoms with van der Waals surface area (Å²) < 4.78 is 43.3. The second kappa shape index (κ2) is 9.02. The molecular weight excluding hydrogens is 429 g/mol. The number of amides is 1. The van der Waals surface area contributed by atoms with E-state index in [1.165, 1.54) is 24.3 Å². The maximum absolute atomic E-state index is 13.3. The summed E-state index contributed by atoms with van der Waals surface area (Å²) in [4.78, 5) is 15.1. The molecule has 6 nitrogen and oxygen atoms in total. The Kier molecular flexibility index (Phi) is 6.33. The van der Waals surface area contributed by atoms with E-state index in [2.05, 4.69) is 9.71 Å². The van der Waals surface area contributed by atoms with Gasteiger partial charge in [-0.05, 0) is 61.6 Å². The smallest absolute Gasteiger partial charge is 0.284 e. The van der Waals surface area contributed by atoms with Gasteiger partial charge in [0, 0.05) is 25.7 Å². The minimum absolute atomic E-state index is 0.0462. The van der Waals surface area contributed by atoms with Gasteiger partial charge in [-0.3, -0.25) is 4.79 Å². The van der Waals surface area contributed by atoms with Crippen LogP contribution in [-0.2, 0) is 20.2 Å². The van der Waals surface area contributed by atoms with E-state index in [1.807, 2.05) is 11.9 Å². The summed E-state index contributed by atoms with van der Waals surface area (Å²) in [6.07, 6.45) is 5.87. The number of hydrogen-bond acceptors (Lipinski definition) is 3. The lowest BCUT2D eigenvalue weighted by Gasteiger charge is -2.40. The Balaban J connectivity index is 1.56. The molecule has 2 aromatic carbocycles. The van der Waals surface area contributed by atoms with Crippen LogP contribution in [0.3, 0.4) is 0 Å². The molecule has 8 heteroatoms. The molecular formula is C24H28FN3O3S. The minimum atomic E-state index is -3.90. The van der Waals surface area contributed by atoms with Crippen LogP contribution in [0.15, 0.2) is 57.8 Å². The van der Waals surface area contributed by atoms with Gasteiger partial charge < -0.3 is 10.2 Å². The zero-order valence-corrected chi connectivity index (χ0v) is 19.0. The molecule has 1 amide bonds. The second-order valence-corrected chi connectivity index (χ2v) is 10.2. The number of nitrogens with one attached hydrogen (secondary N) is 1. The summed E-state index contributed by atoms with van der Waals surface area (Å²) in [5, 5.41) is 2.88. The molecule has 2 fully saturated rings. The highest BCUT2D eigenvalue weighted by Gasteiger charge is 2.45. The molecule has 1 aliphatic carbocycles. The van der Waals surface area contributed by atoms with Crippen molar-refractivity contribution in [2.24, 2.45) is 4.40 Å². The molecule has 0 aromatic heterocycles. The van der Waals surface area contributed by atoms with Crippen LogP contribution in [0.2, 0.25) is 0 Å². The molecule has 1 N–H and O–H groups in total. The first-order valence-electron chi connectivity index (χ1n) is 11.0. The molecule has 0 atom stereocenters. The number of anilines is 1. The van der Waals surface area contributed by atoms with E-state index in [4.69, 9.17) is 0 Å². The summed E-state index contributed by atoms with van der Waals surface area (Å²) in [5.74, 6) is 0.0175. The van der Waals surface area contributed by atoms with Gasteiger partial charge in [0.15, 0.2) is 0 Å². The predicted molar refractivity (Wildman–Crippen MR) is 123 cm³/mol. The molecule has 0 unspecified atom stereocenters. The van der Waals surface area contributed by atoms with Gasteiger partial charge in [0.1, 0.15) is 11.7 Å². The Hall–Kier alpha value is -2.74. The van der Waals surface area contributed by atoms with Gasteiger partial charge >= 0.3 is 0 Å². The number of carbonyl (C=O) groups is 1. The molecule has 0 spiro atoms. The molecule has 2 aromatic rings. The first-order chi connectivity index (χ1) is 15.3. The SMILES string of the molecule is CN1CCCCC/C1=N\S(=O)(=O)c1cccc(NC(=O)C2(c3ccc(F)cc3)CCC2)c1. The van der Waals surface area contributed by atoms with Gasteiger partial charge in [0.25, 0.3) is 10.0 Å². The third-order valence-corrected chi connectivity index (χ3v) is 7.79. The average molecular weight is 458 g/mol. The normalized spacial score (nSPS) is 19.8. The molecule has 1 heterocycles. The van der Waals surface area contributed by atoms with Crippen molar-refractivity contribution >= 4 is 27.5 Å². The number of amidine groups is 1. The van der Waals surface area contributed by atoms with Crippen molar-refractivity contribution < 1.29 is 17.6 Å². The molecule has 0 radical (unpaired) electrons. The van der Waals surface area contributed by atoms with Crippen molar-refractivity contribution in [3.05, 3.63) is 59.9 Å². The minimum Gasteiger partial charge on any atom is -0.362 e. The van der Waals surface area contributed by atoms with Crippen molar-refractivity contribution in [1.29, 1.82) is 0 Å². The highest BCUT2D eigenvalue weighted by Crippen LogP contribution is 2.44. The van der Waals surface area contributed by atoms with Gasteiger partial charge in [-0.25, -0.2) is 4.39 Å². The van der Waals surface area contributed by atoms with E-state index < -0.39 is 15.4 Å². The van der Waals surface area contributed by atoms with E-state index in [1.54, 1.807) is 24.3 Å². The second-order valence-electron chi connectivity index (χ2n) is 8.64. The third kappa shape index (κ3) is 4.55. The van der Waals surface area contributed by atoms with Crippen LogP contribution >= 0.6 is 0 Å². The summed E-state index contributed by atoms with van der Waals surface area (Å²) in [6.45, 7) is 0.788. The number of nitrogens with zero attached hydrogens (tertiary/aromatic N) is 2. The predicted octanol–water partition coefficient (Wildman–Crippen LogP) is 4.48. The van der Waals surface area contributed by atoms with Crippen LogP contribution in [0.5, 0.6) is 0 Å². The van der Waals surface area contributed by atoms with Gasteiger partial charge in [-0.15, -0.1) is 4.40 Å². The monoisotopic (exact) mass is 457 g/mol. The van der Waals surface area contributed by atoms with Crippen LogP contribution in [0.4, 0.5) is 10.1 Å².